The van der Waals surface area contributed by atoms with E-state index in [1.165, 1.54) is 28.8 Å². The van der Waals surface area contributed by atoms with E-state index in [1.807, 2.05) is 18.2 Å². The largest absolute Gasteiger partial charge is 0.496 e. The zero-order valence-corrected chi connectivity index (χ0v) is 16.9. The van der Waals surface area contributed by atoms with Gasteiger partial charge in [-0.15, -0.1) is 0 Å². The fourth-order valence-corrected chi connectivity index (χ4v) is 3.94. The second-order valence-electron chi connectivity index (χ2n) is 5.62. The molecule has 1 heterocycles. The number of benzene rings is 2. The number of halogens is 1. The van der Waals surface area contributed by atoms with Crippen molar-refractivity contribution in [2.24, 2.45) is 4.99 Å². The number of amidine groups is 1. The van der Waals surface area contributed by atoms with Crippen LogP contribution in [0.2, 0.25) is 0 Å². The van der Waals surface area contributed by atoms with Crippen molar-refractivity contribution in [3.8, 4) is 5.75 Å². The molecule has 8 heteroatoms. The van der Waals surface area contributed by atoms with Crippen LogP contribution in [0.15, 0.2) is 56.8 Å². The van der Waals surface area contributed by atoms with Gasteiger partial charge in [0, 0.05) is 7.05 Å². The molecule has 0 saturated carbocycles. The van der Waals surface area contributed by atoms with Gasteiger partial charge in [0.25, 0.3) is 5.91 Å². The molecule has 0 spiro atoms. The molecule has 2 aromatic carbocycles. The topological polar surface area (TPSA) is 79.2 Å². The van der Waals surface area contributed by atoms with Gasteiger partial charge in [-0.1, -0.05) is 12.1 Å². The predicted octanol–water partition coefficient (Wildman–Crippen LogP) is 4.39. The van der Waals surface area contributed by atoms with E-state index in [0.717, 1.165) is 10.0 Å². The van der Waals surface area contributed by atoms with E-state index in [4.69, 9.17) is 9.84 Å². The lowest BCUT2D eigenvalue weighted by molar-refractivity contribution is -0.121. The number of likely N-dealkylation sites (N-methyl/N-ethyl adjacent to an activating group) is 1. The number of carboxylic acid groups (broad SMARTS) is 1. The Morgan fingerprint density at radius 2 is 2.07 bits per heavy atom. The molecule has 1 fully saturated rings. The molecule has 138 valence electrons. The zero-order valence-electron chi connectivity index (χ0n) is 14.5. The summed E-state index contributed by atoms with van der Waals surface area (Å²) in [5.41, 5.74) is 1.47. The van der Waals surface area contributed by atoms with Gasteiger partial charge < -0.3 is 9.84 Å². The van der Waals surface area contributed by atoms with Gasteiger partial charge in [-0.3, -0.25) is 9.69 Å². The van der Waals surface area contributed by atoms with E-state index in [2.05, 4.69) is 20.9 Å². The summed E-state index contributed by atoms with van der Waals surface area (Å²) >= 11 is 4.67. The summed E-state index contributed by atoms with van der Waals surface area (Å²) in [5.74, 6) is -0.480. The third-order valence-corrected chi connectivity index (χ3v) is 5.47. The van der Waals surface area contributed by atoms with Crippen LogP contribution in [0.3, 0.4) is 0 Å². The van der Waals surface area contributed by atoms with Crippen molar-refractivity contribution in [2.75, 3.05) is 14.2 Å². The standard InChI is InChI=1S/C19H15BrN2O4S/c1-22-17(23)16(9-11-6-7-15(26-2)14(20)8-11)27-19(22)21-13-5-3-4-12(10-13)18(24)25/h3-10H,1-2H3,(H,24,25)/b16-9+,21-19?. The van der Waals surface area contributed by atoms with Crippen LogP contribution in [0, 0.1) is 0 Å². The van der Waals surface area contributed by atoms with Crippen molar-refractivity contribution >= 4 is 56.5 Å². The van der Waals surface area contributed by atoms with Crippen molar-refractivity contribution in [2.45, 2.75) is 0 Å². The number of carboxylic acids is 1. The van der Waals surface area contributed by atoms with Crippen LogP contribution in [0.1, 0.15) is 15.9 Å². The fourth-order valence-electron chi connectivity index (χ4n) is 2.39. The molecule has 6 nitrogen and oxygen atoms in total. The van der Waals surface area contributed by atoms with Crippen LogP contribution in [-0.4, -0.2) is 41.2 Å². The smallest absolute Gasteiger partial charge is 0.335 e. The zero-order chi connectivity index (χ0) is 19.6. The first-order chi connectivity index (χ1) is 12.9. The molecule has 0 unspecified atom stereocenters. The van der Waals surface area contributed by atoms with Crippen molar-refractivity contribution < 1.29 is 19.4 Å². The molecule has 1 N–H and O–H groups in total. The molecule has 27 heavy (non-hydrogen) atoms. The molecule has 0 bridgehead atoms. The number of rotatable bonds is 4. The molecule has 1 saturated heterocycles. The minimum Gasteiger partial charge on any atom is -0.496 e. The summed E-state index contributed by atoms with van der Waals surface area (Å²) in [6, 6.07) is 11.8. The fraction of sp³-hybridized carbons (Fsp3) is 0.105. The maximum Gasteiger partial charge on any atom is 0.335 e. The van der Waals surface area contributed by atoms with Crippen molar-refractivity contribution in [3.05, 3.63) is 63.0 Å². The second kappa shape index (κ2) is 7.98. The first-order valence-corrected chi connectivity index (χ1v) is 9.43. The lowest BCUT2D eigenvalue weighted by Crippen LogP contribution is -2.23. The Balaban J connectivity index is 1.89. The average molecular weight is 447 g/mol. The maximum atomic E-state index is 12.5. The van der Waals surface area contributed by atoms with Gasteiger partial charge in [0.2, 0.25) is 0 Å². The van der Waals surface area contributed by atoms with Crippen LogP contribution < -0.4 is 4.74 Å². The molecule has 1 aliphatic heterocycles. The third kappa shape index (κ3) is 4.23. The Kier molecular flexibility index (Phi) is 5.67. The number of hydrogen-bond acceptors (Lipinski definition) is 5. The molecule has 0 radical (unpaired) electrons. The SMILES string of the molecule is COc1ccc(/C=C2/SC(=Nc3cccc(C(=O)O)c3)N(C)C2=O)cc1Br. The van der Waals surface area contributed by atoms with Crippen LogP contribution in [-0.2, 0) is 4.79 Å². The molecular weight excluding hydrogens is 432 g/mol. The number of methoxy groups -OCH3 is 1. The molecule has 0 atom stereocenters. The lowest BCUT2D eigenvalue weighted by Gasteiger charge is -2.07. The number of thioether (sulfide) groups is 1. The summed E-state index contributed by atoms with van der Waals surface area (Å²) in [7, 11) is 3.23. The number of amides is 1. The van der Waals surface area contributed by atoms with Gasteiger partial charge in [-0.25, -0.2) is 9.79 Å². The number of ether oxygens (including phenoxy) is 1. The van der Waals surface area contributed by atoms with E-state index in [1.54, 1.807) is 32.4 Å². The van der Waals surface area contributed by atoms with Gasteiger partial charge in [-0.2, -0.15) is 0 Å². The average Bonchev–Trinajstić information content (AvgIpc) is 2.90. The van der Waals surface area contributed by atoms with Crippen LogP contribution in [0.5, 0.6) is 5.75 Å². The van der Waals surface area contributed by atoms with Gasteiger partial charge in [0.1, 0.15) is 5.75 Å². The van der Waals surface area contributed by atoms with Gasteiger partial charge in [0.15, 0.2) is 5.17 Å². The van der Waals surface area contributed by atoms with Crippen LogP contribution in [0.4, 0.5) is 5.69 Å². The molecule has 3 rings (SSSR count). The summed E-state index contributed by atoms with van der Waals surface area (Å²) in [6.07, 6.45) is 1.78. The van der Waals surface area contributed by atoms with Crippen LogP contribution in [0.25, 0.3) is 6.08 Å². The quantitative estimate of drug-likeness (QED) is 0.704. The van der Waals surface area contributed by atoms with Crippen molar-refractivity contribution in [1.82, 2.24) is 4.90 Å². The van der Waals surface area contributed by atoms with E-state index in [0.29, 0.717) is 21.5 Å². The van der Waals surface area contributed by atoms with E-state index < -0.39 is 5.97 Å². The molecule has 1 aliphatic rings. The summed E-state index contributed by atoms with van der Waals surface area (Å²) in [5, 5.41) is 9.58. The highest BCUT2D eigenvalue weighted by Gasteiger charge is 2.30. The molecular formula is C19H15BrN2O4S. The summed E-state index contributed by atoms with van der Waals surface area (Å²) < 4.78 is 6.00. The number of nitrogens with zero attached hydrogens (tertiary/aromatic N) is 2. The van der Waals surface area contributed by atoms with Crippen molar-refractivity contribution in [1.29, 1.82) is 0 Å². The predicted molar refractivity (Wildman–Crippen MR) is 110 cm³/mol. The van der Waals surface area contributed by atoms with E-state index in [9.17, 15) is 9.59 Å². The minimum absolute atomic E-state index is 0.146. The Labute approximate surface area is 168 Å². The van der Waals surface area contributed by atoms with Crippen molar-refractivity contribution in [3.63, 3.8) is 0 Å². The molecule has 1 amide bonds. The monoisotopic (exact) mass is 446 g/mol. The first-order valence-electron chi connectivity index (χ1n) is 7.82. The summed E-state index contributed by atoms with van der Waals surface area (Å²) in [6.45, 7) is 0. The summed E-state index contributed by atoms with van der Waals surface area (Å²) in [4.78, 5) is 30.0. The van der Waals surface area contributed by atoms with Gasteiger partial charge in [0.05, 0.1) is 27.7 Å². The Hall–Kier alpha value is -2.58. The highest BCUT2D eigenvalue weighted by molar-refractivity contribution is 9.10. The highest BCUT2D eigenvalue weighted by Crippen LogP contribution is 2.34. The van der Waals surface area contributed by atoms with Gasteiger partial charge >= 0.3 is 5.97 Å². The van der Waals surface area contributed by atoms with Crippen LogP contribution >= 0.6 is 27.7 Å². The Morgan fingerprint density at radius 3 is 2.74 bits per heavy atom. The lowest BCUT2D eigenvalue weighted by atomic mass is 10.2. The number of carbonyl (C=O) groups is 2. The number of aliphatic imine (C=N–C) groups is 1. The third-order valence-electron chi connectivity index (χ3n) is 3.80. The van der Waals surface area contributed by atoms with Gasteiger partial charge in [-0.05, 0) is 69.7 Å². The maximum absolute atomic E-state index is 12.5. The molecule has 0 aliphatic carbocycles. The first kappa shape index (κ1) is 19.2. The Bertz CT molecular complexity index is 987. The minimum atomic E-state index is -1.02. The number of hydrogen-bond donors (Lipinski definition) is 1. The number of carbonyl (C=O) groups excluding carboxylic acids is 1. The highest BCUT2D eigenvalue weighted by atomic mass is 79.9. The molecule has 2 aromatic rings. The normalized spacial score (nSPS) is 17.0. The second-order valence-corrected chi connectivity index (χ2v) is 7.48. The van der Waals surface area contributed by atoms with E-state index >= 15 is 0 Å². The number of aromatic carboxylic acids is 1. The molecule has 0 aromatic heterocycles. The van der Waals surface area contributed by atoms with E-state index in [-0.39, 0.29) is 11.5 Å². The Morgan fingerprint density at radius 1 is 1.30 bits per heavy atom.